The summed E-state index contributed by atoms with van der Waals surface area (Å²) in [6, 6.07) is 67.2. The lowest BCUT2D eigenvalue weighted by Gasteiger charge is -2.33. The topological polar surface area (TPSA) is 29.5 Å². The first-order chi connectivity index (χ1) is 25.8. The van der Waals surface area contributed by atoms with Gasteiger partial charge >= 0.3 is 0 Å². The highest BCUT2D eigenvalue weighted by Gasteiger charge is 2.46. The Morgan fingerprint density at radius 3 is 1.63 bits per heavy atom. The van der Waals surface area contributed by atoms with Gasteiger partial charge in [0.15, 0.2) is 0 Å². The number of para-hydroxylation sites is 2. The number of rotatable bonds is 5. The smallest absolute Gasteiger partial charge is 0.137 e. The predicted octanol–water partition coefficient (Wildman–Crippen LogP) is 13.3. The lowest BCUT2D eigenvalue weighted by Crippen LogP contribution is -2.28. The summed E-state index contributed by atoms with van der Waals surface area (Å²) < 4.78 is 13.0. The van der Waals surface area contributed by atoms with E-state index in [1.165, 1.54) is 33.4 Å². The Morgan fingerprint density at radius 1 is 0.327 bits per heavy atom. The quantitative estimate of drug-likeness (QED) is 0.183. The van der Waals surface area contributed by atoms with Crippen LogP contribution in [0.3, 0.4) is 0 Å². The molecule has 1 aliphatic carbocycles. The monoisotopic (exact) mass is 665 g/mol. The average Bonchev–Trinajstić information content (AvgIpc) is 3.86. The van der Waals surface area contributed by atoms with E-state index >= 15 is 0 Å². The third kappa shape index (κ3) is 4.08. The van der Waals surface area contributed by atoms with Crippen LogP contribution in [0.1, 0.15) is 22.3 Å². The van der Waals surface area contributed by atoms with Gasteiger partial charge in [0, 0.05) is 44.7 Å². The molecule has 0 unspecified atom stereocenters. The van der Waals surface area contributed by atoms with Crippen molar-refractivity contribution in [1.82, 2.24) is 0 Å². The Morgan fingerprint density at radius 2 is 0.865 bits per heavy atom. The molecule has 0 bridgehead atoms. The fourth-order valence-electron chi connectivity index (χ4n) is 8.73. The molecular weight excluding hydrogens is 635 g/mol. The van der Waals surface area contributed by atoms with Gasteiger partial charge in [0.1, 0.15) is 22.3 Å². The van der Waals surface area contributed by atoms with E-state index in [9.17, 15) is 0 Å². The summed E-state index contributed by atoms with van der Waals surface area (Å²) >= 11 is 0. The molecule has 0 aliphatic heterocycles. The van der Waals surface area contributed by atoms with Crippen LogP contribution in [-0.2, 0) is 5.41 Å². The van der Waals surface area contributed by atoms with E-state index in [4.69, 9.17) is 8.83 Å². The second kappa shape index (κ2) is 11.1. The fourth-order valence-corrected chi connectivity index (χ4v) is 8.73. The van der Waals surface area contributed by atoms with Crippen molar-refractivity contribution in [2.24, 2.45) is 0 Å². The normalized spacial score (nSPS) is 13.2. The Kier molecular flexibility index (Phi) is 6.17. The summed E-state index contributed by atoms with van der Waals surface area (Å²) in [5.74, 6) is 0. The molecule has 8 aromatic carbocycles. The van der Waals surface area contributed by atoms with Crippen molar-refractivity contribution >= 4 is 60.9 Å². The van der Waals surface area contributed by atoms with Crippen LogP contribution in [0.4, 0.5) is 17.1 Å². The molecule has 0 radical (unpaired) electrons. The lowest BCUT2D eigenvalue weighted by atomic mass is 9.67. The van der Waals surface area contributed by atoms with Gasteiger partial charge in [-0.3, -0.25) is 0 Å². The van der Waals surface area contributed by atoms with Crippen molar-refractivity contribution in [1.29, 1.82) is 0 Å². The predicted molar refractivity (Wildman–Crippen MR) is 213 cm³/mol. The zero-order valence-electron chi connectivity index (χ0n) is 28.2. The first-order valence-corrected chi connectivity index (χ1v) is 17.8. The lowest BCUT2D eigenvalue weighted by molar-refractivity contribution is 0.665. The third-order valence-corrected chi connectivity index (χ3v) is 10.9. The van der Waals surface area contributed by atoms with Crippen molar-refractivity contribution in [3.63, 3.8) is 0 Å². The molecule has 0 amide bonds. The molecule has 2 heterocycles. The maximum Gasteiger partial charge on any atom is 0.137 e. The highest BCUT2D eigenvalue weighted by Crippen LogP contribution is 2.56. The summed E-state index contributed by atoms with van der Waals surface area (Å²) in [6.45, 7) is 0. The van der Waals surface area contributed by atoms with E-state index in [0.29, 0.717) is 0 Å². The summed E-state index contributed by atoms with van der Waals surface area (Å²) in [7, 11) is 0. The van der Waals surface area contributed by atoms with Gasteiger partial charge in [-0.2, -0.15) is 0 Å². The minimum atomic E-state index is -0.480. The first-order valence-electron chi connectivity index (χ1n) is 17.8. The molecule has 11 rings (SSSR count). The Balaban J connectivity index is 1.10. The van der Waals surface area contributed by atoms with Crippen molar-refractivity contribution in [3.05, 3.63) is 210 Å². The van der Waals surface area contributed by atoms with Crippen molar-refractivity contribution in [3.8, 4) is 11.1 Å². The van der Waals surface area contributed by atoms with Gasteiger partial charge in [0.2, 0.25) is 0 Å². The first kappa shape index (κ1) is 28.9. The van der Waals surface area contributed by atoms with Gasteiger partial charge in [-0.15, -0.1) is 0 Å². The molecule has 0 spiro atoms. The molecule has 3 heteroatoms. The van der Waals surface area contributed by atoms with Gasteiger partial charge in [-0.05, 0) is 88.0 Å². The Bertz CT molecular complexity index is 2930. The van der Waals surface area contributed by atoms with E-state index < -0.39 is 5.41 Å². The number of furan rings is 2. The minimum Gasteiger partial charge on any atom is -0.456 e. The highest BCUT2D eigenvalue weighted by molar-refractivity contribution is 6.08. The largest absolute Gasteiger partial charge is 0.456 e. The average molecular weight is 666 g/mol. The van der Waals surface area contributed by atoms with Crippen molar-refractivity contribution in [2.45, 2.75) is 5.41 Å². The zero-order chi connectivity index (χ0) is 34.2. The van der Waals surface area contributed by atoms with Gasteiger partial charge in [0.25, 0.3) is 0 Å². The Hall–Kier alpha value is -6.84. The second-order valence-corrected chi connectivity index (χ2v) is 13.7. The van der Waals surface area contributed by atoms with Gasteiger partial charge < -0.3 is 13.7 Å². The number of nitrogens with zero attached hydrogens (tertiary/aromatic N) is 1. The van der Waals surface area contributed by atoms with E-state index in [-0.39, 0.29) is 0 Å². The highest BCUT2D eigenvalue weighted by atomic mass is 16.3. The van der Waals surface area contributed by atoms with E-state index in [1.54, 1.807) is 0 Å². The van der Waals surface area contributed by atoms with Crippen LogP contribution in [0, 0.1) is 0 Å². The van der Waals surface area contributed by atoms with Gasteiger partial charge in [-0.1, -0.05) is 127 Å². The minimum absolute atomic E-state index is 0.480. The van der Waals surface area contributed by atoms with Crippen LogP contribution in [0.25, 0.3) is 55.0 Å². The molecule has 2 aromatic heterocycles. The van der Waals surface area contributed by atoms with E-state index in [0.717, 1.165) is 60.9 Å². The second-order valence-electron chi connectivity index (χ2n) is 13.7. The zero-order valence-corrected chi connectivity index (χ0v) is 28.2. The summed E-state index contributed by atoms with van der Waals surface area (Å²) in [4.78, 5) is 2.29. The van der Waals surface area contributed by atoms with Crippen molar-refractivity contribution in [2.75, 3.05) is 4.90 Å². The van der Waals surface area contributed by atoms with E-state index in [2.05, 4.69) is 181 Å². The molecule has 0 atom stereocenters. The van der Waals surface area contributed by atoms with Crippen LogP contribution in [-0.4, -0.2) is 0 Å². The SMILES string of the molecule is c1ccc(N(c2ccc3c(c2)oc2ccccc23)c2ccc3oc4cc(C5(c6ccccc6)c6ccccc6-c6ccccc65)ccc4c3c2)cc1. The molecule has 0 saturated heterocycles. The van der Waals surface area contributed by atoms with Crippen LogP contribution in [0.5, 0.6) is 0 Å². The molecule has 244 valence electrons. The van der Waals surface area contributed by atoms with E-state index in [1.807, 2.05) is 12.1 Å². The van der Waals surface area contributed by atoms with Crippen LogP contribution < -0.4 is 4.90 Å². The fraction of sp³-hybridized carbons (Fsp3) is 0.0204. The number of benzene rings is 8. The molecule has 0 saturated carbocycles. The summed E-state index contributed by atoms with van der Waals surface area (Å²) in [5.41, 5.74) is 13.7. The molecule has 0 fully saturated rings. The molecule has 0 N–H and O–H groups in total. The Labute approximate surface area is 300 Å². The molecule has 52 heavy (non-hydrogen) atoms. The van der Waals surface area contributed by atoms with Gasteiger partial charge in [-0.25, -0.2) is 0 Å². The molecule has 1 aliphatic rings. The maximum absolute atomic E-state index is 6.71. The molecular formula is C49H31NO2. The van der Waals surface area contributed by atoms with Gasteiger partial charge in [0.05, 0.1) is 5.41 Å². The molecule has 10 aromatic rings. The van der Waals surface area contributed by atoms with Crippen LogP contribution >= 0.6 is 0 Å². The number of hydrogen-bond acceptors (Lipinski definition) is 3. The number of fused-ring (bicyclic) bond motifs is 9. The standard InChI is InChI=1S/C49H31NO2/c1-3-13-32(14-4-1)49(43-20-10-7-17-37(43)38-18-8-11-21-44(38)49)33-23-26-41-42-30-35(25-28-46(42)52-47(41)29-33)50(34-15-5-2-6-16-34)36-24-27-40-39-19-9-12-22-45(39)51-48(40)31-36/h1-31H. The third-order valence-electron chi connectivity index (χ3n) is 10.9. The van der Waals surface area contributed by atoms with Crippen LogP contribution in [0.15, 0.2) is 197 Å². The maximum atomic E-state index is 6.71. The van der Waals surface area contributed by atoms with Crippen molar-refractivity contribution < 1.29 is 8.83 Å². The molecule has 3 nitrogen and oxygen atoms in total. The number of hydrogen-bond donors (Lipinski definition) is 0. The number of anilines is 3. The van der Waals surface area contributed by atoms with Crippen LogP contribution in [0.2, 0.25) is 0 Å². The summed E-state index contributed by atoms with van der Waals surface area (Å²) in [6.07, 6.45) is 0. The summed E-state index contributed by atoms with van der Waals surface area (Å²) in [5, 5.41) is 4.40.